The molecule has 40 heavy (non-hydrogen) atoms. The van der Waals surface area contributed by atoms with Gasteiger partial charge in [-0.05, 0) is 24.5 Å². The Morgan fingerprint density at radius 3 is 2.27 bits per heavy atom. The van der Waals surface area contributed by atoms with Crippen LogP contribution in [0.15, 0.2) is 53.5 Å². The van der Waals surface area contributed by atoms with Crippen molar-refractivity contribution in [1.82, 2.24) is 5.32 Å². The number of aliphatic imine (C=N–C) groups is 1. The second-order valence-electron chi connectivity index (χ2n) is 9.61. The van der Waals surface area contributed by atoms with Crippen LogP contribution in [0, 0.1) is 17.8 Å². The average molecular weight is 590 g/mol. The van der Waals surface area contributed by atoms with E-state index < -0.39 is 73.1 Å². The number of nitrogens with one attached hydrogen (secondary N) is 1. The van der Waals surface area contributed by atoms with E-state index in [1.165, 1.54) is 0 Å². The minimum atomic E-state index is -4.78. The van der Waals surface area contributed by atoms with Gasteiger partial charge < -0.3 is 11.1 Å². The number of halogens is 7. The van der Waals surface area contributed by atoms with Crippen molar-refractivity contribution in [1.29, 1.82) is 0 Å². The Morgan fingerprint density at radius 2 is 1.70 bits per heavy atom. The van der Waals surface area contributed by atoms with Crippen LogP contribution in [0.1, 0.15) is 42.9 Å². The standard InChI is InChI=1S/C27H26ClF6N3O3/c1-14(27(32,33)34)12-19(23(35)39)17(10-11-26(29,30)31)25(40)37-24-21(38)13-18-16(8-5-9-20(18)28)22(36-24)15-6-3-2-4-7-15/h2-9,14,17,19,24H,10-13H2,1H3,(H2,35,39)(H,37,40)/t14-,17+,19-,24+/m0/s1. The molecule has 13 heteroatoms. The lowest BCUT2D eigenvalue weighted by atomic mass is 9.80. The highest BCUT2D eigenvalue weighted by Gasteiger charge is 2.44. The minimum Gasteiger partial charge on any atom is -0.369 e. The molecule has 0 spiro atoms. The van der Waals surface area contributed by atoms with E-state index in [0.717, 1.165) is 6.92 Å². The van der Waals surface area contributed by atoms with Crippen molar-refractivity contribution in [2.24, 2.45) is 28.5 Å². The highest BCUT2D eigenvalue weighted by atomic mass is 35.5. The van der Waals surface area contributed by atoms with Crippen LogP contribution >= 0.6 is 11.6 Å². The number of rotatable bonds is 9. The Bertz CT molecular complexity index is 1280. The molecule has 1 heterocycles. The second kappa shape index (κ2) is 12.4. The van der Waals surface area contributed by atoms with Crippen LogP contribution in [0.2, 0.25) is 5.02 Å². The number of primary amides is 1. The fourth-order valence-corrected chi connectivity index (χ4v) is 4.75. The maximum Gasteiger partial charge on any atom is 0.391 e. The number of Topliss-reactive ketones (excluding diaryl/α,β-unsaturated/α-hetero) is 1. The molecule has 3 N–H and O–H groups in total. The van der Waals surface area contributed by atoms with Crippen molar-refractivity contribution in [3.8, 4) is 0 Å². The van der Waals surface area contributed by atoms with Gasteiger partial charge in [-0.25, -0.2) is 0 Å². The summed E-state index contributed by atoms with van der Waals surface area (Å²) in [7, 11) is 0. The zero-order valence-corrected chi connectivity index (χ0v) is 21.9. The predicted molar refractivity (Wildman–Crippen MR) is 135 cm³/mol. The van der Waals surface area contributed by atoms with Crippen molar-refractivity contribution in [3.05, 3.63) is 70.2 Å². The largest absolute Gasteiger partial charge is 0.391 e. The minimum absolute atomic E-state index is 0.249. The average Bonchev–Trinajstić information content (AvgIpc) is 2.99. The van der Waals surface area contributed by atoms with Gasteiger partial charge in [-0.3, -0.25) is 19.4 Å². The van der Waals surface area contributed by atoms with Crippen molar-refractivity contribution in [3.63, 3.8) is 0 Å². The fourth-order valence-electron chi connectivity index (χ4n) is 4.51. The van der Waals surface area contributed by atoms with Crippen LogP contribution in [-0.2, 0) is 20.8 Å². The van der Waals surface area contributed by atoms with Gasteiger partial charge in [-0.1, -0.05) is 61.0 Å². The fraction of sp³-hybridized carbons (Fsp3) is 0.407. The van der Waals surface area contributed by atoms with Gasteiger partial charge >= 0.3 is 12.4 Å². The van der Waals surface area contributed by atoms with E-state index in [0.29, 0.717) is 16.7 Å². The number of carbonyl (C=O) groups excluding carboxylic acids is 3. The van der Waals surface area contributed by atoms with Crippen LogP contribution in [0.5, 0.6) is 0 Å². The molecule has 216 valence electrons. The summed E-state index contributed by atoms with van der Waals surface area (Å²) in [5, 5.41) is 2.52. The van der Waals surface area contributed by atoms with Crippen LogP contribution < -0.4 is 11.1 Å². The molecule has 0 aromatic heterocycles. The first-order chi connectivity index (χ1) is 18.6. The van der Waals surface area contributed by atoms with E-state index in [9.17, 15) is 40.7 Å². The number of hydrogen-bond donors (Lipinski definition) is 2. The summed E-state index contributed by atoms with van der Waals surface area (Å²) < 4.78 is 79.0. The normalized spacial score (nSPS) is 18.1. The molecule has 0 radical (unpaired) electrons. The van der Waals surface area contributed by atoms with E-state index in [-0.39, 0.29) is 17.2 Å². The number of benzene rings is 2. The Balaban J connectivity index is 2.01. The number of hydrogen-bond acceptors (Lipinski definition) is 4. The number of alkyl halides is 6. The van der Waals surface area contributed by atoms with Gasteiger partial charge in [-0.15, -0.1) is 0 Å². The molecule has 2 amide bonds. The van der Waals surface area contributed by atoms with E-state index in [4.69, 9.17) is 17.3 Å². The summed E-state index contributed by atoms with van der Waals surface area (Å²) in [5.74, 6) is -9.19. The van der Waals surface area contributed by atoms with Crippen LogP contribution in [0.3, 0.4) is 0 Å². The van der Waals surface area contributed by atoms with Crippen LogP contribution in [-0.4, -0.2) is 41.8 Å². The summed E-state index contributed by atoms with van der Waals surface area (Å²) in [5.41, 5.74) is 7.00. The van der Waals surface area contributed by atoms with Crippen molar-refractivity contribution >= 4 is 34.9 Å². The van der Waals surface area contributed by atoms with Gasteiger partial charge in [-0.2, -0.15) is 26.3 Å². The highest BCUT2D eigenvalue weighted by Crippen LogP contribution is 2.36. The molecule has 1 aliphatic rings. The van der Waals surface area contributed by atoms with Gasteiger partial charge in [0.05, 0.1) is 11.6 Å². The van der Waals surface area contributed by atoms with Crippen molar-refractivity contribution < 1.29 is 40.7 Å². The van der Waals surface area contributed by atoms with Crippen LogP contribution in [0.25, 0.3) is 0 Å². The zero-order valence-electron chi connectivity index (χ0n) is 21.2. The molecule has 0 fully saturated rings. The Hall–Kier alpha value is -3.41. The summed E-state index contributed by atoms with van der Waals surface area (Å²) in [6, 6.07) is 13.4. The number of carbonyl (C=O) groups is 3. The van der Waals surface area contributed by atoms with E-state index in [1.807, 2.05) is 0 Å². The molecular formula is C27H26ClF6N3O3. The smallest absolute Gasteiger partial charge is 0.369 e. The summed E-state index contributed by atoms with van der Waals surface area (Å²) in [4.78, 5) is 43.1. The number of nitrogens with two attached hydrogens (primary N) is 1. The molecule has 0 saturated heterocycles. The van der Waals surface area contributed by atoms with Crippen molar-refractivity contribution in [2.45, 2.75) is 51.1 Å². The lowest BCUT2D eigenvalue weighted by Gasteiger charge is -2.28. The number of ketones is 1. The number of fused-ring (bicyclic) bond motifs is 1. The van der Waals surface area contributed by atoms with E-state index >= 15 is 0 Å². The van der Waals surface area contributed by atoms with Gasteiger partial charge in [0.1, 0.15) is 0 Å². The lowest BCUT2D eigenvalue weighted by Crippen LogP contribution is -2.47. The van der Waals surface area contributed by atoms with E-state index in [2.05, 4.69) is 10.3 Å². The first-order valence-corrected chi connectivity index (χ1v) is 12.6. The maximum atomic E-state index is 13.3. The Kier molecular flexibility index (Phi) is 9.65. The molecule has 2 aromatic carbocycles. The molecule has 0 saturated carbocycles. The topological polar surface area (TPSA) is 102 Å². The third-order valence-corrected chi connectivity index (χ3v) is 7.06. The molecule has 3 rings (SSSR count). The van der Waals surface area contributed by atoms with Gasteiger partial charge in [0.2, 0.25) is 11.8 Å². The summed E-state index contributed by atoms with van der Waals surface area (Å²) in [6.45, 7) is 0.737. The van der Waals surface area contributed by atoms with Gasteiger partial charge in [0, 0.05) is 40.8 Å². The molecule has 1 aliphatic heterocycles. The van der Waals surface area contributed by atoms with Gasteiger partial charge in [0.15, 0.2) is 11.9 Å². The van der Waals surface area contributed by atoms with Gasteiger partial charge in [0.25, 0.3) is 0 Å². The third-order valence-electron chi connectivity index (χ3n) is 6.71. The summed E-state index contributed by atoms with van der Waals surface area (Å²) in [6.07, 6.45) is -15.1. The zero-order chi connectivity index (χ0) is 29.8. The first kappa shape index (κ1) is 31.1. The highest BCUT2D eigenvalue weighted by molar-refractivity contribution is 6.32. The van der Waals surface area contributed by atoms with Crippen LogP contribution in [0.4, 0.5) is 26.3 Å². The predicted octanol–water partition coefficient (Wildman–Crippen LogP) is 5.39. The molecule has 0 bridgehead atoms. The Labute approximate surface area is 231 Å². The first-order valence-electron chi connectivity index (χ1n) is 12.2. The van der Waals surface area contributed by atoms with E-state index in [1.54, 1.807) is 48.5 Å². The Morgan fingerprint density at radius 1 is 1.05 bits per heavy atom. The summed E-state index contributed by atoms with van der Waals surface area (Å²) >= 11 is 6.34. The number of amides is 2. The molecular weight excluding hydrogens is 564 g/mol. The molecule has 4 atom stereocenters. The maximum absolute atomic E-state index is 13.3. The van der Waals surface area contributed by atoms with Crippen molar-refractivity contribution in [2.75, 3.05) is 0 Å². The SMILES string of the molecule is C[C@@H](C[C@H](C(N)=O)[C@@H](CCC(F)(F)F)C(=O)N[C@H]1N=C(c2ccccc2)c2cccc(Cl)c2CC1=O)C(F)(F)F. The third kappa shape index (κ3) is 7.83. The quantitative estimate of drug-likeness (QED) is 0.383. The number of nitrogens with zero attached hydrogens (tertiary/aromatic N) is 1. The molecule has 6 nitrogen and oxygen atoms in total. The lowest BCUT2D eigenvalue weighted by molar-refractivity contribution is -0.177. The molecule has 0 aliphatic carbocycles. The monoisotopic (exact) mass is 589 g/mol. The second-order valence-corrected chi connectivity index (χ2v) is 10.0. The molecule has 2 aromatic rings. The molecule has 0 unspecified atom stereocenters.